The molecule has 0 saturated carbocycles. The molecule has 0 spiro atoms. The Kier molecular flexibility index (Phi) is 4.71. The minimum absolute atomic E-state index is 0.193. The van der Waals surface area contributed by atoms with Gasteiger partial charge in [0.2, 0.25) is 0 Å². The van der Waals surface area contributed by atoms with E-state index in [4.69, 9.17) is 10.5 Å². The summed E-state index contributed by atoms with van der Waals surface area (Å²) in [4.78, 5) is 11.6. The lowest BCUT2D eigenvalue weighted by atomic mass is 10.0. The molecule has 0 aromatic heterocycles. The molecule has 0 aliphatic heterocycles. The van der Waals surface area contributed by atoms with Crippen LogP contribution in [0.4, 0.5) is 0 Å². The SMILES string of the molecule is CC(C)(C)OC(=O)C[C@H](N)c1ccc(Br)cc1. The van der Waals surface area contributed by atoms with E-state index in [-0.39, 0.29) is 18.4 Å². The Bertz CT molecular complexity index is 381. The predicted molar refractivity (Wildman–Crippen MR) is 71.5 cm³/mol. The maximum atomic E-state index is 11.6. The van der Waals surface area contributed by atoms with Gasteiger partial charge in [0.15, 0.2) is 0 Å². The Hall–Kier alpha value is -0.870. The lowest BCUT2D eigenvalue weighted by Crippen LogP contribution is -2.26. The van der Waals surface area contributed by atoms with Crippen LogP contribution in [0, 0.1) is 0 Å². The number of nitrogens with two attached hydrogens (primary N) is 1. The zero-order chi connectivity index (χ0) is 13.1. The zero-order valence-electron chi connectivity index (χ0n) is 10.4. The number of carbonyl (C=O) groups excluding carboxylic acids is 1. The van der Waals surface area contributed by atoms with Crippen LogP contribution in [0.2, 0.25) is 0 Å². The summed E-state index contributed by atoms with van der Waals surface area (Å²) in [7, 11) is 0. The topological polar surface area (TPSA) is 52.3 Å². The van der Waals surface area contributed by atoms with Gasteiger partial charge in [0, 0.05) is 10.5 Å². The summed E-state index contributed by atoms with van der Waals surface area (Å²) in [5, 5.41) is 0. The van der Waals surface area contributed by atoms with Crippen LogP contribution in [0.15, 0.2) is 28.7 Å². The average Bonchev–Trinajstić information content (AvgIpc) is 2.15. The van der Waals surface area contributed by atoms with Gasteiger partial charge in [-0.2, -0.15) is 0 Å². The zero-order valence-corrected chi connectivity index (χ0v) is 12.0. The number of hydrogen-bond acceptors (Lipinski definition) is 3. The number of rotatable bonds is 3. The molecule has 0 heterocycles. The fourth-order valence-corrected chi connectivity index (χ4v) is 1.65. The van der Waals surface area contributed by atoms with Crippen molar-refractivity contribution < 1.29 is 9.53 Å². The first-order chi connectivity index (χ1) is 7.78. The van der Waals surface area contributed by atoms with Crippen LogP contribution >= 0.6 is 15.9 Å². The molecule has 17 heavy (non-hydrogen) atoms. The largest absolute Gasteiger partial charge is 0.460 e. The highest BCUT2D eigenvalue weighted by Crippen LogP contribution is 2.19. The third kappa shape index (κ3) is 5.33. The van der Waals surface area contributed by atoms with Crippen LogP contribution in [0.5, 0.6) is 0 Å². The van der Waals surface area contributed by atoms with Gasteiger partial charge in [-0.1, -0.05) is 28.1 Å². The number of esters is 1. The molecular formula is C13H18BrNO2. The third-order valence-corrected chi connectivity index (χ3v) is 2.63. The van der Waals surface area contributed by atoms with Crippen molar-refractivity contribution in [3.63, 3.8) is 0 Å². The number of halogens is 1. The molecule has 1 rings (SSSR count). The van der Waals surface area contributed by atoms with E-state index in [0.29, 0.717) is 0 Å². The van der Waals surface area contributed by atoms with Crippen LogP contribution in [0.3, 0.4) is 0 Å². The second kappa shape index (κ2) is 5.65. The van der Waals surface area contributed by atoms with Crippen molar-refractivity contribution >= 4 is 21.9 Å². The third-order valence-electron chi connectivity index (χ3n) is 2.10. The van der Waals surface area contributed by atoms with Gasteiger partial charge in [0.25, 0.3) is 0 Å². The van der Waals surface area contributed by atoms with Gasteiger partial charge in [0.05, 0.1) is 6.42 Å². The number of carbonyl (C=O) groups is 1. The van der Waals surface area contributed by atoms with Crippen molar-refractivity contribution in [3.8, 4) is 0 Å². The number of benzene rings is 1. The smallest absolute Gasteiger partial charge is 0.308 e. The van der Waals surface area contributed by atoms with Crippen LogP contribution in [0.25, 0.3) is 0 Å². The predicted octanol–water partition coefficient (Wildman–Crippen LogP) is 3.18. The molecule has 0 radical (unpaired) electrons. The summed E-state index contributed by atoms with van der Waals surface area (Å²) in [6, 6.07) is 7.30. The first-order valence-corrected chi connectivity index (χ1v) is 6.30. The Balaban J connectivity index is 2.57. The van der Waals surface area contributed by atoms with E-state index < -0.39 is 5.60 Å². The normalized spacial score (nSPS) is 13.2. The van der Waals surface area contributed by atoms with Crippen molar-refractivity contribution in [2.75, 3.05) is 0 Å². The van der Waals surface area contributed by atoms with E-state index in [9.17, 15) is 4.79 Å². The van der Waals surface area contributed by atoms with Crippen molar-refractivity contribution in [2.45, 2.75) is 38.8 Å². The maximum Gasteiger partial charge on any atom is 0.308 e. The molecule has 94 valence electrons. The van der Waals surface area contributed by atoms with Gasteiger partial charge in [-0.3, -0.25) is 4.79 Å². The van der Waals surface area contributed by atoms with Crippen LogP contribution < -0.4 is 5.73 Å². The van der Waals surface area contributed by atoms with Crippen molar-refractivity contribution in [3.05, 3.63) is 34.3 Å². The average molecular weight is 300 g/mol. The summed E-state index contributed by atoms with van der Waals surface area (Å²) < 4.78 is 6.22. The molecule has 1 aromatic carbocycles. The molecule has 1 aromatic rings. The number of ether oxygens (including phenoxy) is 1. The van der Waals surface area contributed by atoms with Gasteiger partial charge in [-0.15, -0.1) is 0 Å². The second-order valence-electron chi connectivity index (χ2n) is 4.95. The van der Waals surface area contributed by atoms with Gasteiger partial charge >= 0.3 is 5.97 Å². The van der Waals surface area contributed by atoms with Crippen LogP contribution in [0.1, 0.15) is 38.8 Å². The monoisotopic (exact) mass is 299 g/mol. The minimum Gasteiger partial charge on any atom is -0.460 e. The second-order valence-corrected chi connectivity index (χ2v) is 5.86. The van der Waals surface area contributed by atoms with Crippen LogP contribution in [-0.4, -0.2) is 11.6 Å². The van der Waals surface area contributed by atoms with Gasteiger partial charge in [-0.05, 0) is 38.5 Å². The van der Waals surface area contributed by atoms with Gasteiger partial charge in [0.1, 0.15) is 5.60 Å². The summed E-state index contributed by atoms with van der Waals surface area (Å²) in [6.45, 7) is 5.53. The fraction of sp³-hybridized carbons (Fsp3) is 0.462. The quantitative estimate of drug-likeness (QED) is 0.872. The Morgan fingerprint density at radius 1 is 1.35 bits per heavy atom. The lowest BCUT2D eigenvalue weighted by Gasteiger charge is -2.21. The van der Waals surface area contributed by atoms with Gasteiger partial charge in [-0.25, -0.2) is 0 Å². The Morgan fingerprint density at radius 2 is 1.88 bits per heavy atom. The molecular weight excluding hydrogens is 282 g/mol. The molecule has 0 unspecified atom stereocenters. The molecule has 0 bridgehead atoms. The first kappa shape index (κ1) is 14.2. The van der Waals surface area contributed by atoms with E-state index >= 15 is 0 Å². The molecule has 0 aliphatic carbocycles. The summed E-state index contributed by atoms with van der Waals surface area (Å²) in [6.07, 6.45) is 0.193. The lowest BCUT2D eigenvalue weighted by molar-refractivity contribution is -0.155. The molecule has 4 heteroatoms. The highest BCUT2D eigenvalue weighted by molar-refractivity contribution is 9.10. The number of hydrogen-bond donors (Lipinski definition) is 1. The van der Waals surface area contributed by atoms with E-state index in [1.165, 1.54) is 0 Å². The highest BCUT2D eigenvalue weighted by Gasteiger charge is 2.19. The fourth-order valence-electron chi connectivity index (χ4n) is 1.39. The van der Waals surface area contributed by atoms with Crippen molar-refractivity contribution in [1.82, 2.24) is 0 Å². The summed E-state index contributed by atoms with van der Waals surface area (Å²) >= 11 is 3.35. The minimum atomic E-state index is -0.462. The first-order valence-electron chi connectivity index (χ1n) is 5.51. The van der Waals surface area contributed by atoms with E-state index in [2.05, 4.69) is 15.9 Å². The molecule has 2 N–H and O–H groups in total. The molecule has 3 nitrogen and oxygen atoms in total. The van der Waals surface area contributed by atoms with Crippen LogP contribution in [-0.2, 0) is 9.53 Å². The van der Waals surface area contributed by atoms with Gasteiger partial charge < -0.3 is 10.5 Å². The maximum absolute atomic E-state index is 11.6. The molecule has 0 fully saturated rings. The van der Waals surface area contributed by atoms with Crippen molar-refractivity contribution in [1.29, 1.82) is 0 Å². The summed E-state index contributed by atoms with van der Waals surface area (Å²) in [5.41, 5.74) is 6.42. The highest BCUT2D eigenvalue weighted by atomic mass is 79.9. The molecule has 0 amide bonds. The molecule has 0 saturated heterocycles. The Labute approximate surface area is 110 Å². The van der Waals surface area contributed by atoms with E-state index in [1.54, 1.807) is 0 Å². The molecule has 0 aliphatic rings. The Morgan fingerprint density at radius 3 is 2.35 bits per heavy atom. The van der Waals surface area contributed by atoms with E-state index in [1.807, 2.05) is 45.0 Å². The molecule has 1 atom stereocenters. The summed E-state index contributed by atoms with van der Waals surface area (Å²) in [5.74, 6) is -0.270. The van der Waals surface area contributed by atoms with E-state index in [0.717, 1.165) is 10.0 Å². The standard InChI is InChI=1S/C13H18BrNO2/c1-13(2,3)17-12(16)8-11(15)9-4-6-10(14)7-5-9/h4-7,11H,8,15H2,1-3H3/t11-/m0/s1. The van der Waals surface area contributed by atoms with Crippen molar-refractivity contribution in [2.24, 2.45) is 5.73 Å².